The van der Waals surface area contributed by atoms with E-state index in [1.807, 2.05) is 0 Å². The Labute approximate surface area is 147 Å². The summed E-state index contributed by atoms with van der Waals surface area (Å²) in [5.41, 5.74) is 1.51. The van der Waals surface area contributed by atoms with Crippen LogP contribution in [0.15, 0.2) is 53.4 Å². The van der Waals surface area contributed by atoms with E-state index in [9.17, 15) is 13.2 Å². The Kier molecular flexibility index (Phi) is 5.06. The van der Waals surface area contributed by atoms with E-state index in [0.29, 0.717) is 43.1 Å². The molecule has 1 saturated heterocycles. The fraction of sp³-hybridized carbons (Fsp3) is 0.278. The molecule has 0 unspecified atom stereocenters. The minimum atomic E-state index is -3.70. The SMILES string of the molecule is Cc1c(NS(=O)(=O)c2ccccc2)cccc1C(=O)N1CCOCC1. The van der Waals surface area contributed by atoms with Gasteiger partial charge in [0.05, 0.1) is 23.8 Å². The number of hydrogen-bond donors (Lipinski definition) is 1. The predicted octanol–water partition coefficient (Wildman–Crippen LogP) is 2.27. The highest BCUT2D eigenvalue weighted by Gasteiger charge is 2.22. The van der Waals surface area contributed by atoms with Crippen molar-refractivity contribution in [2.24, 2.45) is 0 Å². The second-order valence-corrected chi connectivity index (χ2v) is 7.48. The first-order valence-electron chi connectivity index (χ1n) is 8.03. The summed E-state index contributed by atoms with van der Waals surface area (Å²) < 4.78 is 32.9. The van der Waals surface area contributed by atoms with Gasteiger partial charge >= 0.3 is 0 Å². The molecule has 0 spiro atoms. The van der Waals surface area contributed by atoms with E-state index in [2.05, 4.69) is 4.72 Å². The molecule has 0 radical (unpaired) electrons. The molecule has 1 aliphatic heterocycles. The maximum atomic E-state index is 12.7. The molecule has 0 aromatic heterocycles. The van der Waals surface area contributed by atoms with Gasteiger partial charge < -0.3 is 9.64 Å². The second kappa shape index (κ2) is 7.25. The Bertz CT molecular complexity index is 860. The molecular weight excluding hydrogens is 340 g/mol. The molecule has 1 amide bonds. The van der Waals surface area contributed by atoms with Crippen LogP contribution in [0, 0.1) is 6.92 Å². The van der Waals surface area contributed by atoms with Gasteiger partial charge in [0, 0.05) is 18.7 Å². The standard InChI is InChI=1S/C18H20N2O4S/c1-14-16(18(21)20-10-12-24-13-11-20)8-5-9-17(14)19-25(22,23)15-6-3-2-4-7-15/h2-9,19H,10-13H2,1H3. The molecule has 7 heteroatoms. The van der Waals surface area contributed by atoms with Crippen molar-refractivity contribution in [3.05, 3.63) is 59.7 Å². The van der Waals surface area contributed by atoms with Crippen molar-refractivity contribution in [3.8, 4) is 0 Å². The first kappa shape index (κ1) is 17.4. The zero-order valence-corrected chi connectivity index (χ0v) is 14.8. The van der Waals surface area contributed by atoms with E-state index in [1.54, 1.807) is 48.2 Å². The Morgan fingerprint density at radius 1 is 1.04 bits per heavy atom. The van der Waals surface area contributed by atoms with E-state index in [0.717, 1.165) is 0 Å². The lowest BCUT2D eigenvalue weighted by Gasteiger charge is -2.27. The summed E-state index contributed by atoms with van der Waals surface area (Å²) in [6.45, 7) is 3.86. The summed E-state index contributed by atoms with van der Waals surface area (Å²) in [6.07, 6.45) is 0. The number of nitrogens with one attached hydrogen (secondary N) is 1. The summed E-state index contributed by atoms with van der Waals surface area (Å²) in [7, 11) is -3.70. The van der Waals surface area contributed by atoms with Gasteiger partial charge in [0.1, 0.15) is 0 Å². The lowest BCUT2D eigenvalue weighted by Crippen LogP contribution is -2.41. The van der Waals surface area contributed by atoms with Gasteiger partial charge in [0.25, 0.3) is 15.9 Å². The van der Waals surface area contributed by atoms with Crippen molar-refractivity contribution >= 4 is 21.6 Å². The Morgan fingerprint density at radius 3 is 2.40 bits per heavy atom. The van der Waals surface area contributed by atoms with Crippen molar-refractivity contribution in [1.82, 2.24) is 4.90 Å². The van der Waals surface area contributed by atoms with E-state index in [4.69, 9.17) is 4.74 Å². The zero-order valence-electron chi connectivity index (χ0n) is 13.9. The van der Waals surface area contributed by atoms with Gasteiger partial charge in [-0.1, -0.05) is 24.3 Å². The monoisotopic (exact) mass is 360 g/mol. The van der Waals surface area contributed by atoms with Crippen LogP contribution in [0.2, 0.25) is 0 Å². The lowest BCUT2D eigenvalue weighted by atomic mass is 10.1. The van der Waals surface area contributed by atoms with E-state index in [1.165, 1.54) is 12.1 Å². The van der Waals surface area contributed by atoms with E-state index >= 15 is 0 Å². The van der Waals surface area contributed by atoms with Gasteiger partial charge in [-0.25, -0.2) is 8.42 Å². The van der Waals surface area contributed by atoms with Crippen LogP contribution in [0.4, 0.5) is 5.69 Å². The largest absolute Gasteiger partial charge is 0.378 e. The number of rotatable bonds is 4. The summed E-state index contributed by atoms with van der Waals surface area (Å²) in [5.74, 6) is -0.110. The second-order valence-electron chi connectivity index (χ2n) is 5.80. The number of carbonyl (C=O) groups is 1. The van der Waals surface area contributed by atoms with Crippen LogP contribution in [0.5, 0.6) is 0 Å². The number of carbonyl (C=O) groups excluding carboxylic acids is 1. The van der Waals surface area contributed by atoms with Gasteiger partial charge in [-0.3, -0.25) is 9.52 Å². The number of hydrogen-bond acceptors (Lipinski definition) is 4. The predicted molar refractivity (Wildman–Crippen MR) is 95.2 cm³/mol. The van der Waals surface area contributed by atoms with Crippen molar-refractivity contribution < 1.29 is 17.9 Å². The van der Waals surface area contributed by atoms with Crippen molar-refractivity contribution in [2.45, 2.75) is 11.8 Å². The molecule has 25 heavy (non-hydrogen) atoms. The minimum Gasteiger partial charge on any atom is -0.378 e. The fourth-order valence-electron chi connectivity index (χ4n) is 2.72. The van der Waals surface area contributed by atoms with Crippen molar-refractivity contribution in [1.29, 1.82) is 0 Å². The summed E-state index contributed by atoms with van der Waals surface area (Å²) in [6, 6.07) is 13.2. The quantitative estimate of drug-likeness (QED) is 0.907. The number of amides is 1. The molecule has 0 saturated carbocycles. The average molecular weight is 360 g/mol. The summed E-state index contributed by atoms with van der Waals surface area (Å²) in [5, 5.41) is 0. The Hall–Kier alpha value is -2.38. The number of benzene rings is 2. The molecule has 0 aliphatic carbocycles. The van der Waals surface area contributed by atoms with Crippen LogP contribution in [-0.2, 0) is 14.8 Å². The molecule has 1 heterocycles. The number of sulfonamides is 1. The summed E-state index contributed by atoms with van der Waals surface area (Å²) >= 11 is 0. The molecule has 3 rings (SSSR count). The highest BCUT2D eigenvalue weighted by atomic mass is 32.2. The van der Waals surface area contributed by atoms with Crippen LogP contribution in [0.25, 0.3) is 0 Å². The highest BCUT2D eigenvalue weighted by Crippen LogP contribution is 2.23. The Morgan fingerprint density at radius 2 is 1.72 bits per heavy atom. The first-order chi connectivity index (χ1) is 12.0. The van der Waals surface area contributed by atoms with Crippen LogP contribution in [-0.4, -0.2) is 45.5 Å². The highest BCUT2D eigenvalue weighted by molar-refractivity contribution is 7.92. The maximum Gasteiger partial charge on any atom is 0.261 e. The maximum absolute atomic E-state index is 12.7. The third-order valence-electron chi connectivity index (χ3n) is 4.16. The molecule has 132 valence electrons. The average Bonchev–Trinajstić information content (AvgIpc) is 2.64. The van der Waals surface area contributed by atoms with Crippen LogP contribution < -0.4 is 4.72 Å². The molecule has 0 atom stereocenters. The summed E-state index contributed by atoms with van der Waals surface area (Å²) in [4.78, 5) is 14.6. The molecule has 1 N–H and O–H groups in total. The van der Waals surface area contributed by atoms with Crippen LogP contribution in [0.1, 0.15) is 15.9 Å². The normalized spacial score (nSPS) is 15.0. The number of morpholine rings is 1. The van der Waals surface area contributed by atoms with Crippen LogP contribution >= 0.6 is 0 Å². The third kappa shape index (κ3) is 3.83. The molecular formula is C18H20N2O4S. The molecule has 2 aromatic rings. The minimum absolute atomic E-state index is 0.110. The fourth-order valence-corrected chi connectivity index (χ4v) is 3.86. The van der Waals surface area contributed by atoms with Gasteiger partial charge in [-0.05, 0) is 36.8 Å². The molecule has 6 nitrogen and oxygen atoms in total. The topological polar surface area (TPSA) is 75.7 Å². The van der Waals surface area contributed by atoms with E-state index < -0.39 is 10.0 Å². The number of nitrogens with zero attached hydrogens (tertiary/aromatic N) is 1. The Balaban J connectivity index is 1.87. The third-order valence-corrected chi connectivity index (χ3v) is 5.54. The van der Waals surface area contributed by atoms with Gasteiger partial charge in [0.15, 0.2) is 0 Å². The molecule has 1 aliphatic rings. The van der Waals surface area contributed by atoms with Gasteiger partial charge in [-0.2, -0.15) is 0 Å². The molecule has 0 bridgehead atoms. The van der Waals surface area contributed by atoms with Gasteiger partial charge in [-0.15, -0.1) is 0 Å². The smallest absolute Gasteiger partial charge is 0.261 e. The van der Waals surface area contributed by atoms with Crippen molar-refractivity contribution in [3.63, 3.8) is 0 Å². The first-order valence-corrected chi connectivity index (χ1v) is 9.52. The zero-order chi connectivity index (χ0) is 17.9. The van der Waals surface area contributed by atoms with Crippen LogP contribution in [0.3, 0.4) is 0 Å². The molecule has 2 aromatic carbocycles. The van der Waals surface area contributed by atoms with Gasteiger partial charge in [0.2, 0.25) is 0 Å². The van der Waals surface area contributed by atoms with Crippen molar-refractivity contribution in [2.75, 3.05) is 31.0 Å². The van der Waals surface area contributed by atoms with E-state index in [-0.39, 0.29) is 10.8 Å². The number of ether oxygens (including phenoxy) is 1. The molecule has 1 fully saturated rings. The number of anilines is 1. The lowest BCUT2D eigenvalue weighted by molar-refractivity contribution is 0.0302.